The van der Waals surface area contributed by atoms with Gasteiger partial charge < -0.3 is 14.8 Å². The summed E-state index contributed by atoms with van der Waals surface area (Å²) < 4.78 is 12.4. The van der Waals surface area contributed by atoms with Gasteiger partial charge in [0, 0.05) is 25.2 Å². The number of ether oxygens (including phenoxy) is 2. The zero-order valence-corrected chi connectivity index (χ0v) is 13.8. The number of anilines is 1. The van der Waals surface area contributed by atoms with Crippen LogP contribution >= 0.6 is 11.6 Å². The van der Waals surface area contributed by atoms with E-state index < -0.39 is 0 Å². The van der Waals surface area contributed by atoms with E-state index in [0.717, 1.165) is 17.1 Å². The molecule has 0 amide bonds. The Kier molecular flexibility index (Phi) is 4.20. The molecule has 7 nitrogen and oxygen atoms in total. The molecule has 3 aromatic rings. The topological polar surface area (TPSA) is 74.1 Å². The normalized spacial score (nSPS) is 10.8. The number of nitrogens with zero attached hydrogens (tertiary/aromatic N) is 4. The van der Waals surface area contributed by atoms with Crippen LogP contribution in [0.4, 0.5) is 5.95 Å². The highest BCUT2D eigenvalue weighted by molar-refractivity contribution is 6.33. The number of hydrogen-bond acceptors (Lipinski definition) is 6. The first-order chi connectivity index (χ1) is 11.1. The Hall–Kier alpha value is -2.54. The quantitative estimate of drug-likeness (QED) is 0.723. The molecule has 3 rings (SSSR count). The number of aromatic nitrogens is 4. The third kappa shape index (κ3) is 2.87. The van der Waals surface area contributed by atoms with Crippen molar-refractivity contribution in [1.29, 1.82) is 0 Å². The van der Waals surface area contributed by atoms with Crippen LogP contribution in [-0.2, 0) is 13.6 Å². The van der Waals surface area contributed by atoms with Crippen LogP contribution in [0.1, 0.15) is 5.56 Å². The van der Waals surface area contributed by atoms with E-state index in [4.69, 9.17) is 21.1 Å². The number of fused-ring (bicyclic) bond motifs is 1. The number of halogens is 1. The number of hydrogen-bond donors (Lipinski definition) is 1. The average molecular weight is 334 g/mol. The molecule has 1 aromatic carbocycles. The molecule has 0 aliphatic heterocycles. The Morgan fingerprint density at radius 3 is 2.74 bits per heavy atom. The van der Waals surface area contributed by atoms with Crippen molar-refractivity contribution in [3.63, 3.8) is 0 Å². The Labute approximate surface area is 138 Å². The Bertz CT molecular complexity index is 849. The first-order valence-electron chi connectivity index (χ1n) is 6.91. The predicted octanol–water partition coefficient (Wildman–Crippen LogP) is 2.65. The van der Waals surface area contributed by atoms with Crippen molar-refractivity contribution in [2.45, 2.75) is 6.54 Å². The van der Waals surface area contributed by atoms with Crippen LogP contribution in [-0.4, -0.2) is 33.7 Å². The summed E-state index contributed by atoms with van der Waals surface area (Å²) in [5.74, 6) is 2.14. The van der Waals surface area contributed by atoms with E-state index in [0.29, 0.717) is 28.8 Å². The first kappa shape index (κ1) is 15.4. The van der Waals surface area contributed by atoms with Crippen LogP contribution in [0.15, 0.2) is 24.5 Å². The molecule has 2 heterocycles. The molecule has 0 spiro atoms. The zero-order chi connectivity index (χ0) is 16.4. The fourth-order valence-electron chi connectivity index (χ4n) is 2.30. The predicted molar refractivity (Wildman–Crippen MR) is 88.2 cm³/mol. The second-order valence-electron chi connectivity index (χ2n) is 4.86. The van der Waals surface area contributed by atoms with Crippen LogP contribution in [0.25, 0.3) is 11.2 Å². The van der Waals surface area contributed by atoms with E-state index >= 15 is 0 Å². The molecular formula is C15H16ClN5O2. The van der Waals surface area contributed by atoms with Gasteiger partial charge >= 0.3 is 0 Å². The van der Waals surface area contributed by atoms with E-state index in [1.54, 1.807) is 14.2 Å². The average Bonchev–Trinajstić information content (AvgIpc) is 2.90. The second kappa shape index (κ2) is 6.29. The molecule has 0 saturated heterocycles. The molecule has 0 aliphatic carbocycles. The summed E-state index contributed by atoms with van der Waals surface area (Å²) in [6.45, 7) is 0.537. The summed E-state index contributed by atoms with van der Waals surface area (Å²) in [4.78, 5) is 12.6. The van der Waals surface area contributed by atoms with Crippen molar-refractivity contribution in [3.8, 4) is 11.5 Å². The molecule has 0 fully saturated rings. The molecule has 120 valence electrons. The molecule has 23 heavy (non-hydrogen) atoms. The summed E-state index contributed by atoms with van der Waals surface area (Å²) in [6.07, 6.45) is 1.42. The van der Waals surface area contributed by atoms with Crippen LogP contribution in [0.5, 0.6) is 11.5 Å². The van der Waals surface area contributed by atoms with E-state index in [1.165, 1.54) is 6.33 Å². The number of imidazole rings is 1. The van der Waals surface area contributed by atoms with E-state index in [2.05, 4.69) is 20.3 Å². The van der Waals surface area contributed by atoms with Crippen LogP contribution in [0.3, 0.4) is 0 Å². The Balaban J connectivity index is 1.86. The van der Waals surface area contributed by atoms with Gasteiger partial charge in [0.25, 0.3) is 0 Å². The van der Waals surface area contributed by atoms with Crippen LogP contribution in [0.2, 0.25) is 5.15 Å². The third-order valence-electron chi connectivity index (χ3n) is 3.54. The number of aryl methyl sites for hydroxylation is 1. The van der Waals surface area contributed by atoms with Gasteiger partial charge in [0.15, 0.2) is 10.8 Å². The van der Waals surface area contributed by atoms with E-state index in [9.17, 15) is 0 Å². The van der Waals surface area contributed by atoms with Gasteiger partial charge in [-0.3, -0.25) is 4.57 Å². The maximum absolute atomic E-state index is 6.05. The lowest BCUT2D eigenvalue weighted by molar-refractivity contribution is 0.391. The molecule has 0 bridgehead atoms. The molecule has 0 atom stereocenters. The van der Waals surface area contributed by atoms with Crippen molar-refractivity contribution in [2.24, 2.45) is 7.05 Å². The van der Waals surface area contributed by atoms with Crippen molar-refractivity contribution in [2.75, 3.05) is 19.5 Å². The maximum atomic E-state index is 6.05. The zero-order valence-electron chi connectivity index (χ0n) is 13.0. The number of benzene rings is 1. The minimum absolute atomic E-state index is 0.334. The van der Waals surface area contributed by atoms with Crippen LogP contribution < -0.4 is 14.8 Å². The largest absolute Gasteiger partial charge is 0.497 e. The molecule has 8 heteroatoms. The van der Waals surface area contributed by atoms with Gasteiger partial charge in [0.2, 0.25) is 5.95 Å². The lowest BCUT2D eigenvalue weighted by Gasteiger charge is -2.11. The van der Waals surface area contributed by atoms with E-state index in [1.807, 2.05) is 29.8 Å². The molecule has 1 N–H and O–H groups in total. The highest BCUT2D eigenvalue weighted by Crippen LogP contribution is 2.26. The van der Waals surface area contributed by atoms with Gasteiger partial charge in [-0.05, 0) is 12.1 Å². The number of rotatable bonds is 5. The smallest absolute Gasteiger partial charge is 0.205 e. The van der Waals surface area contributed by atoms with Gasteiger partial charge in [0.05, 0.1) is 14.2 Å². The fourth-order valence-corrected chi connectivity index (χ4v) is 2.47. The van der Waals surface area contributed by atoms with E-state index in [-0.39, 0.29) is 0 Å². The Morgan fingerprint density at radius 1 is 1.22 bits per heavy atom. The van der Waals surface area contributed by atoms with Crippen molar-refractivity contribution >= 4 is 28.7 Å². The highest BCUT2D eigenvalue weighted by atomic mass is 35.5. The molecule has 0 radical (unpaired) electrons. The minimum atomic E-state index is 0.334. The summed E-state index contributed by atoms with van der Waals surface area (Å²) in [6, 6.07) is 5.67. The van der Waals surface area contributed by atoms with Crippen molar-refractivity contribution < 1.29 is 9.47 Å². The lowest BCUT2D eigenvalue weighted by atomic mass is 10.2. The summed E-state index contributed by atoms with van der Waals surface area (Å²) in [7, 11) is 5.12. The summed E-state index contributed by atoms with van der Waals surface area (Å²) in [5.41, 5.74) is 2.23. The van der Waals surface area contributed by atoms with Gasteiger partial charge in [0.1, 0.15) is 23.3 Å². The lowest BCUT2D eigenvalue weighted by Crippen LogP contribution is -2.06. The molecule has 0 aliphatic rings. The fraction of sp³-hybridized carbons (Fsp3) is 0.267. The highest BCUT2D eigenvalue weighted by Gasteiger charge is 2.13. The Morgan fingerprint density at radius 2 is 2.04 bits per heavy atom. The van der Waals surface area contributed by atoms with Crippen LogP contribution in [0, 0.1) is 0 Å². The first-order valence-corrected chi connectivity index (χ1v) is 7.29. The van der Waals surface area contributed by atoms with Crippen molar-refractivity contribution in [1.82, 2.24) is 19.5 Å². The third-order valence-corrected chi connectivity index (χ3v) is 3.82. The van der Waals surface area contributed by atoms with Gasteiger partial charge in [-0.2, -0.15) is 0 Å². The SMILES string of the molecule is COc1ccc(CNc2nc3c(Cl)ncnc3n2C)c(OC)c1. The van der Waals surface area contributed by atoms with Gasteiger partial charge in [-0.15, -0.1) is 0 Å². The number of methoxy groups -OCH3 is 2. The summed E-state index contributed by atoms with van der Waals surface area (Å²) in [5, 5.41) is 3.60. The molecular weight excluding hydrogens is 318 g/mol. The minimum Gasteiger partial charge on any atom is -0.497 e. The van der Waals surface area contributed by atoms with Gasteiger partial charge in [-0.1, -0.05) is 11.6 Å². The number of nitrogens with one attached hydrogen (secondary N) is 1. The standard InChI is InChI=1S/C15H16ClN5O2/c1-21-14-12(13(16)18-8-19-14)20-15(21)17-7-9-4-5-10(22-2)6-11(9)23-3/h4-6,8H,7H2,1-3H3,(H,17,20). The maximum Gasteiger partial charge on any atom is 0.205 e. The molecule has 0 saturated carbocycles. The van der Waals surface area contributed by atoms with Crippen molar-refractivity contribution in [3.05, 3.63) is 35.2 Å². The van der Waals surface area contributed by atoms with Gasteiger partial charge in [-0.25, -0.2) is 15.0 Å². The monoisotopic (exact) mass is 333 g/mol. The molecule has 2 aromatic heterocycles. The molecule has 0 unspecified atom stereocenters. The second-order valence-corrected chi connectivity index (χ2v) is 5.22. The summed E-state index contributed by atoms with van der Waals surface area (Å²) >= 11 is 6.05.